The third-order valence-corrected chi connectivity index (χ3v) is 5.70. The molecule has 1 unspecified atom stereocenters. The van der Waals surface area contributed by atoms with Crippen molar-refractivity contribution in [2.24, 2.45) is 4.99 Å². The lowest BCUT2D eigenvalue weighted by molar-refractivity contribution is 0.0531. The lowest BCUT2D eigenvalue weighted by Gasteiger charge is -2.16. The monoisotopic (exact) mass is 569 g/mol. The Kier molecular flexibility index (Phi) is 10.0. The van der Waals surface area contributed by atoms with E-state index >= 15 is 0 Å². The van der Waals surface area contributed by atoms with E-state index in [0.717, 1.165) is 22.8 Å². The van der Waals surface area contributed by atoms with Crippen molar-refractivity contribution in [1.82, 2.24) is 30.4 Å². The number of carbonyl (C=O) groups excluding carboxylic acids is 1. The standard InChI is InChI=1S/C21H27N7O2S.HI/c1-5-23-21(24-11-16-7-9-17(10-8-16)28-13-22-12-25-28)27-15(4)19-26-14(3)18(31-19)20(29)30-6-2;/h7-10,12-13,15H,5-6,11H2,1-4H3,(H2,23,24,27);1H. The van der Waals surface area contributed by atoms with E-state index in [2.05, 4.69) is 30.7 Å². The zero-order valence-corrected chi connectivity index (χ0v) is 21.7. The molecule has 2 N–H and O–H groups in total. The van der Waals surface area contributed by atoms with Crippen molar-refractivity contribution >= 4 is 47.2 Å². The van der Waals surface area contributed by atoms with Gasteiger partial charge in [0.15, 0.2) is 5.96 Å². The Morgan fingerprint density at radius 1 is 1.28 bits per heavy atom. The highest BCUT2D eigenvalue weighted by atomic mass is 127. The van der Waals surface area contributed by atoms with Crippen LogP contribution in [0.25, 0.3) is 5.69 Å². The minimum absolute atomic E-state index is 0. The molecule has 11 heteroatoms. The normalized spacial score (nSPS) is 12.1. The Morgan fingerprint density at radius 2 is 2.03 bits per heavy atom. The lowest BCUT2D eigenvalue weighted by atomic mass is 10.2. The number of benzene rings is 1. The molecule has 0 aliphatic heterocycles. The Labute approximate surface area is 208 Å². The Hall–Kier alpha value is -2.54. The maximum atomic E-state index is 12.1. The van der Waals surface area contributed by atoms with E-state index in [9.17, 15) is 4.79 Å². The first-order valence-corrected chi connectivity index (χ1v) is 11.0. The van der Waals surface area contributed by atoms with Gasteiger partial charge in [-0.15, -0.1) is 35.3 Å². The van der Waals surface area contributed by atoms with Crippen molar-refractivity contribution in [1.29, 1.82) is 0 Å². The van der Waals surface area contributed by atoms with Crippen LogP contribution in [-0.2, 0) is 11.3 Å². The van der Waals surface area contributed by atoms with Gasteiger partial charge < -0.3 is 15.4 Å². The van der Waals surface area contributed by atoms with Crippen molar-refractivity contribution < 1.29 is 9.53 Å². The van der Waals surface area contributed by atoms with Gasteiger partial charge in [-0.05, 0) is 45.4 Å². The molecular weight excluding hydrogens is 541 g/mol. The summed E-state index contributed by atoms with van der Waals surface area (Å²) < 4.78 is 6.82. The summed E-state index contributed by atoms with van der Waals surface area (Å²) in [6, 6.07) is 7.89. The van der Waals surface area contributed by atoms with Gasteiger partial charge in [0.05, 0.1) is 30.6 Å². The number of halogens is 1. The van der Waals surface area contributed by atoms with E-state index in [0.29, 0.717) is 29.7 Å². The summed E-state index contributed by atoms with van der Waals surface area (Å²) in [5.41, 5.74) is 2.70. The van der Waals surface area contributed by atoms with Crippen molar-refractivity contribution in [2.45, 2.75) is 40.3 Å². The van der Waals surface area contributed by atoms with Gasteiger partial charge in [0.25, 0.3) is 0 Å². The lowest BCUT2D eigenvalue weighted by Crippen LogP contribution is -2.38. The fourth-order valence-corrected chi connectivity index (χ4v) is 3.80. The molecule has 0 amide bonds. The van der Waals surface area contributed by atoms with Crippen LogP contribution in [-0.4, -0.2) is 44.8 Å². The molecule has 1 atom stereocenters. The molecule has 3 rings (SSSR count). The number of hydrogen-bond donors (Lipinski definition) is 2. The molecule has 9 nitrogen and oxygen atoms in total. The second-order valence-electron chi connectivity index (χ2n) is 6.75. The average molecular weight is 569 g/mol. The van der Waals surface area contributed by atoms with Crippen LogP contribution in [0.3, 0.4) is 0 Å². The number of ether oxygens (including phenoxy) is 1. The minimum atomic E-state index is -0.328. The van der Waals surface area contributed by atoms with Gasteiger partial charge in [0.1, 0.15) is 22.5 Å². The maximum absolute atomic E-state index is 12.1. The van der Waals surface area contributed by atoms with Crippen molar-refractivity contribution in [3.63, 3.8) is 0 Å². The number of aliphatic imine (C=N–C) groups is 1. The first-order valence-electron chi connectivity index (χ1n) is 10.1. The number of nitrogens with zero attached hydrogens (tertiary/aromatic N) is 5. The number of esters is 1. The molecule has 2 aromatic heterocycles. The summed E-state index contributed by atoms with van der Waals surface area (Å²) >= 11 is 1.35. The van der Waals surface area contributed by atoms with Crippen molar-refractivity contribution in [2.75, 3.05) is 13.2 Å². The minimum Gasteiger partial charge on any atom is -0.462 e. The Balaban J connectivity index is 0.00000363. The summed E-state index contributed by atoms with van der Waals surface area (Å²) in [4.78, 5) is 25.8. The van der Waals surface area contributed by atoms with Gasteiger partial charge in [-0.3, -0.25) is 0 Å². The number of nitrogens with one attached hydrogen (secondary N) is 2. The number of guanidine groups is 1. The first-order chi connectivity index (χ1) is 15.0. The molecule has 0 radical (unpaired) electrons. The van der Waals surface area contributed by atoms with Gasteiger partial charge in [-0.2, -0.15) is 5.10 Å². The van der Waals surface area contributed by atoms with Crippen LogP contribution >= 0.6 is 35.3 Å². The summed E-state index contributed by atoms with van der Waals surface area (Å²) in [6.07, 6.45) is 3.17. The molecule has 0 saturated carbocycles. The molecule has 0 spiro atoms. The predicted molar refractivity (Wildman–Crippen MR) is 136 cm³/mol. The van der Waals surface area contributed by atoms with Crippen molar-refractivity contribution in [3.8, 4) is 5.69 Å². The first kappa shape index (κ1) is 25.7. The molecular formula is C21H28IN7O2S. The summed E-state index contributed by atoms with van der Waals surface area (Å²) in [5.74, 6) is 0.353. The van der Waals surface area contributed by atoms with Crippen molar-refractivity contribution in [3.05, 3.63) is 58.1 Å². The zero-order valence-electron chi connectivity index (χ0n) is 18.5. The number of rotatable bonds is 8. The van der Waals surface area contributed by atoms with E-state index < -0.39 is 0 Å². The summed E-state index contributed by atoms with van der Waals surface area (Å²) in [6.45, 7) is 9.21. The number of aromatic nitrogens is 4. The van der Waals surface area contributed by atoms with Gasteiger partial charge >= 0.3 is 5.97 Å². The van der Waals surface area contributed by atoms with E-state index in [1.54, 1.807) is 17.9 Å². The molecule has 0 aliphatic rings. The molecule has 0 bridgehead atoms. The largest absolute Gasteiger partial charge is 0.462 e. The third-order valence-electron chi connectivity index (χ3n) is 4.38. The third kappa shape index (κ3) is 6.73. The SMILES string of the molecule is CCNC(=NCc1ccc(-n2cncn2)cc1)NC(C)c1nc(C)c(C(=O)OCC)s1.I. The van der Waals surface area contributed by atoms with Crippen LogP contribution < -0.4 is 10.6 Å². The Morgan fingerprint density at radius 3 is 2.66 bits per heavy atom. The molecule has 0 aliphatic carbocycles. The highest BCUT2D eigenvalue weighted by Gasteiger charge is 2.20. The highest BCUT2D eigenvalue weighted by molar-refractivity contribution is 14.0. The van der Waals surface area contributed by atoms with Crippen LogP contribution in [0.5, 0.6) is 0 Å². The van der Waals surface area contributed by atoms with Gasteiger partial charge in [0.2, 0.25) is 0 Å². The van der Waals surface area contributed by atoms with Gasteiger partial charge in [-0.25, -0.2) is 24.4 Å². The van der Waals surface area contributed by atoms with Crippen LogP contribution in [0.1, 0.15) is 52.7 Å². The number of hydrogen-bond acceptors (Lipinski definition) is 7. The number of thiazole rings is 1. The average Bonchev–Trinajstić information content (AvgIpc) is 3.43. The quantitative estimate of drug-likeness (QED) is 0.185. The number of aryl methyl sites for hydroxylation is 1. The fourth-order valence-electron chi connectivity index (χ4n) is 2.84. The second-order valence-corrected chi connectivity index (χ2v) is 7.79. The zero-order chi connectivity index (χ0) is 22.2. The smallest absolute Gasteiger partial charge is 0.350 e. The van der Waals surface area contributed by atoms with Crippen LogP contribution in [0, 0.1) is 6.92 Å². The number of carbonyl (C=O) groups is 1. The van der Waals surface area contributed by atoms with E-state index in [1.165, 1.54) is 17.7 Å². The molecule has 32 heavy (non-hydrogen) atoms. The van der Waals surface area contributed by atoms with Gasteiger partial charge in [0, 0.05) is 6.54 Å². The van der Waals surface area contributed by atoms with E-state index in [-0.39, 0.29) is 36.0 Å². The Bertz CT molecular complexity index is 1020. The summed E-state index contributed by atoms with van der Waals surface area (Å²) in [7, 11) is 0. The molecule has 2 heterocycles. The van der Waals surface area contributed by atoms with Crippen LogP contribution in [0.4, 0.5) is 0 Å². The van der Waals surface area contributed by atoms with Crippen LogP contribution in [0.2, 0.25) is 0 Å². The molecule has 3 aromatic rings. The van der Waals surface area contributed by atoms with E-state index in [4.69, 9.17) is 4.74 Å². The molecule has 1 aromatic carbocycles. The highest BCUT2D eigenvalue weighted by Crippen LogP contribution is 2.24. The maximum Gasteiger partial charge on any atom is 0.350 e. The molecule has 0 saturated heterocycles. The van der Waals surface area contributed by atoms with Crippen LogP contribution in [0.15, 0.2) is 41.9 Å². The van der Waals surface area contributed by atoms with Gasteiger partial charge in [-0.1, -0.05) is 12.1 Å². The molecule has 0 fully saturated rings. The fraction of sp³-hybridized carbons (Fsp3) is 0.381. The topological polar surface area (TPSA) is 106 Å². The summed E-state index contributed by atoms with van der Waals surface area (Å²) in [5, 5.41) is 11.6. The second kappa shape index (κ2) is 12.5. The predicted octanol–water partition coefficient (Wildman–Crippen LogP) is 3.64. The van der Waals surface area contributed by atoms with E-state index in [1.807, 2.05) is 45.0 Å². The molecule has 172 valence electrons.